The number of thiophene rings is 2. The number of carbonyl (C=O) groups excluding carboxylic acids is 1. The Morgan fingerprint density at radius 1 is 1.45 bits per heavy atom. The van der Waals surface area contributed by atoms with E-state index in [1.165, 1.54) is 4.88 Å². The minimum absolute atomic E-state index is 0.0906. The first-order valence-corrected chi connectivity index (χ1v) is 8.02. The molecule has 1 N–H and O–H groups in total. The quantitative estimate of drug-likeness (QED) is 0.828. The van der Waals surface area contributed by atoms with Gasteiger partial charge in [-0.2, -0.15) is 11.3 Å². The molecule has 0 radical (unpaired) electrons. The fraction of sp³-hybridized carbons (Fsp3) is 0.267. The van der Waals surface area contributed by atoms with Gasteiger partial charge in [-0.3, -0.25) is 4.79 Å². The van der Waals surface area contributed by atoms with Crippen LogP contribution in [-0.2, 0) is 9.53 Å². The summed E-state index contributed by atoms with van der Waals surface area (Å²) in [6, 6.07) is 6.08. The minimum Gasteiger partial charge on any atom is -0.374 e. The normalized spacial score (nSPS) is 12.7. The van der Waals surface area contributed by atoms with Crippen LogP contribution in [0.5, 0.6) is 0 Å². The van der Waals surface area contributed by atoms with Crippen LogP contribution in [0.25, 0.3) is 6.08 Å². The van der Waals surface area contributed by atoms with Crippen molar-refractivity contribution in [3.63, 3.8) is 0 Å². The van der Waals surface area contributed by atoms with E-state index in [1.54, 1.807) is 35.9 Å². The van der Waals surface area contributed by atoms with Crippen molar-refractivity contribution in [3.05, 3.63) is 50.4 Å². The Balaban J connectivity index is 1.85. The van der Waals surface area contributed by atoms with E-state index in [2.05, 4.69) is 18.3 Å². The molecule has 2 rings (SSSR count). The zero-order valence-corrected chi connectivity index (χ0v) is 13.1. The molecule has 0 aliphatic rings. The first-order chi connectivity index (χ1) is 9.69. The smallest absolute Gasteiger partial charge is 0.244 e. The number of methoxy groups -OCH3 is 1. The summed E-state index contributed by atoms with van der Waals surface area (Å²) in [7, 11) is 1.66. The van der Waals surface area contributed by atoms with Crippen molar-refractivity contribution in [1.82, 2.24) is 5.32 Å². The predicted octanol–water partition coefficient (Wildman–Crippen LogP) is 3.64. The highest BCUT2D eigenvalue weighted by Crippen LogP contribution is 2.24. The molecule has 5 heteroatoms. The Hall–Kier alpha value is -1.43. The van der Waals surface area contributed by atoms with Gasteiger partial charge in [0, 0.05) is 29.5 Å². The molecule has 0 fully saturated rings. The molecule has 3 nitrogen and oxygen atoms in total. The van der Waals surface area contributed by atoms with Gasteiger partial charge in [-0.1, -0.05) is 0 Å². The van der Waals surface area contributed by atoms with Crippen molar-refractivity contribution in [1.29, 1.82) is 0 Å². The topological polar surface area (TPSA) is 38.3 Å². The van der Waals surface area contributed by atoms with Crippen LogP contribution in [0, 0.1) is 6.92 Å². The van der Waals surface area contributed by atoms with Gasteiger partial charge >= 0.3 is 0 Å². The summed E-state index contributed by atoms with van der Waals surface area (Å²) in [6.07, 6.45) is 3.27. The molecule has 0 bridgehead atoms. The third-order valence-corrected chi connectivity index (χ3v) is 4.59. The maximum absolute atomic E-state index is 11.7. The molecule has 1 amide bonds. The van der Waals surface area contributed by atoms with E-state index in [0.29, 0.717) is 6.54 Å². The molecule has 0 saturated heterocycles. The highest BCUT2D eigenvalue weighted by Gasteiger charge is 2.12. The molecule has 0 aliphatic heterocycles. The van der Waals surface area contributed by atoms with Crippen LogP contribution in [0.4, 0.5) is 0 Å². The van der Waals surface area contributed by atoms with Gasteiger partial charge < -0.3 is 10.1 Å². The average molecular weight is 307 g/mol. The number of hydrogen-bond acceptors (Lipinski definition) is 4. The lowest BCUT2D eigenvalue weighted by atomic mass is 10.2. The monoisotopic (exact) mass is 307 g/mol. The van der Waals surface area contributed by atoms with Gasteiger partial charge in [-0.25, -0.2) is 0 Å². The highest BCUT2D eigenvalue weighted by molar-refractivity contribution is 7.12. The molecule has 0 unspecified atom stereocenters. The van der Waals surface area contributed by atoms with Gasteiger partial charge in [0.05, 0.1) is 0 Å². The molecule has 1 atom stereocenters. The number of ether oxygens (including phenoxy) is 1. The maximum atomic E-state index is 11.7. The van der Waals surface area contributed by atoms with Crippen LogP contribution in [-0.4, -0.2) is 19.6 Å². The predicted molar refractivity (Wildman–Crippen MR) is 85.2 cm³/mol. The second kappa shape index (κ2) is 7.38. The molecule has 0 saturated carbocycles. The highest BCUT2D eigenvalue weighted by atomic mass is 32.1. The molecule has 0 spiro atoms. The van der Waals surface area contributed by atoms with E-state index in [0.717, 1.165) is 10.4 Å². The summed E-state index contributed by atoms with van der Waals surface area (Å²) in [6.45, 7) is 2.53. The summed E-state index contributed by atoms with van der Waals surface area (Å²) in [5, 5.41) is 6.84. The van der Waals surface area contributed by atoms with Crippen molar-refractivity contribution in [2.24, 2.45) is 0 Å². The van der Waals surface area contributed by atoms with Crippen molar-refractivity contribution in [2.75, 3.05) is 13.7 Å². The molecule has 106 valence electrons. The molecule has 20 heavy (non-hydrogen) atoms. The Morgan fingerprint density at radius 2 is 2.30 bits per heavy atom. The molecule has 0 aromatic carbocycles. The maximum Gasteiger partial charge on any atom is 0.244 e. The molecule has 2 heterocycles. The Labute approximate surface area is 126 Å². The van der Waals surface area contributed by atoms with E-state index < -0.39 is 0 Å². The largest absolute Gasteiger partial charge is 0.374 e. The molecule has 2 aromatic rings. The first-order valence-electron chi connectivity index (χ1n) is 6.26. The third kappa shape index (κ3) is 4.30. The minimum atomic E-state index is -0.105. The van der Waals surface area contributed by atoms with E-state index >= 15 is 0 Å². The number of amides is 1. The molecule has 0 aliphatic carbocycles. The average Bonchev–Trinajstić information content (AvgIpc) is 3.09. The van der Waals surface area contributed by atoms with Gasteiger partial charge in [0.1, 0.15) is 6.10 Å². The number of carbonyl (C=O) groups is 1. The lowest BCUT2D eigenvalue weighted by Crippen LogP contribution is -2.27. The number of rotatable bonds is 6. The van der Waals surface area contributed by atoms with Gasteiger partial charge in [0.15, 0.2) is 0 Å². The van der Waals surface area contributed by atoms with Crippen molar-refractivity contribution in [2.45, 2.75) is 13.0 Å². The van der Waals surface area contributed by atoms with Gasteiger partial charge in [0.25, 0.3) is 0 Å². The van der Waals surface area contributed by atoms with Crippen LogP contribution in [0.1, 0.15) is 21.4 Å². The summed E-state index contributed by atoms with van der Waals surface area (Å²) in [4.78, 5) is 14.1. The van der Waals surface area contributed by atoms with Crippen LogP contribution in [0.3, 0.4) is 0 Å². The van der Waals surface area contributed by atoms with Crippen LogP contribution in [0.15, 0.2) is 35.0 Å². The second-order valence-electron chi connectivity index (χ2n) is 4.31. The summed E-state index contributed by atoms with van der Waals surface area (Å²) in [5.41, 5.74) is 1.04. The van der Waals surface area contributed by atoms with Crippen molar-refractivity contribution < 1.29 is 9.53 Å². The Bertz CT molecular complexity index is 572. The number of nitrogens with one attached hydrogen (secondary N) is 1. The SMILES string of the molecule is CO[C@@H](CNC(=O)/C=C/c1ccsc1)c1ccc(C)s1. The lowest BCUT2D eigenvalue weighted by molar-refractivity contribution is -0.117. The Kier molecular flexibility index (Phi) is 5.52. The molecular formula is C15H17NO2S2. The fourth-order valence-electron chi connectivity index (χ4n) is 1.72. The molecular weight excluding hydrogens is 290 g/mol. The lowest BCUT2D eigenvalue weighted by Gasteiger charge is -2.13. The van der Waals surface area contributed by atoms with E-state index in [-0.39, 0.29) is 12.0 Å². The van der Waals surface area contributed by atoms with Crippen LogP contribution in [0.2, 0.25) is 0 Å². The van der Waals surface area contributed by atoms with E-state index in [4.69, 9.17) is 4.74 Å². The Morgan fingerprint density at radius 3 is 2.90 bits per heavy atom. The number of aryl methyl sites for hydroxylation is 1. The first kappa shape index (κ1) is 15.0. The van der Waals surface area contributed by atoms with Crippen LogP contribution < -0.4 is 5.32 Å². The van der Waals surface area contributed by atoms with E-state index in [1.807, 2.05) is 29.0 Å². The van der Waals surface area contributed by atoms with Gasteiger partial charge in [-0.15, -0.1) is 11.3 Å². The summed E-state index contributed by atoms with van der Waals surface area (Å²) < 4.78 is 5.42. The summed E-state index contributed by atoms with van der Waals surface area (Å²) >= 11 is 3.30. The van der Waals surface area contributed by atoms with Gasteiger partial charge in [0.2, 0.25) is 5.91 Å². The van der Waals surface area contributed by atoms with Gasteiger partial charge in [-0.05, 0) is 47.5 Å². The van der Waals surface area contributed by atoms with Crippen molar-refractivity contribution >= 4 is 34.7 Å². The van der Waals surface area contributed by atoms with E-state index in [9.17, 15) is 4.79 Å². The fourth-order valence-corrected chi connectivity index (χ4v) is 3.30. The summed E-state index contributed by atoms with van der Waals surface area (Å²) in [5.74, 6) is -0.105. The molecule has 2 aromatic heterocycles. The zero-order chi connectivity index (χ0) is 14.4. The number of hydrogen-bond donors (Lipinski definition) is 1. The second-order valence-corrected chi connectivity index (χ2v) is 6.41. The zero-order valence-electron chi connectivity index (χ0n) is 11.5. The van der Waals surface area contributed by atoms with Crippen LogP contribution >= 0.6 is 22.7 Å². The van der Waals surface area contributed by atoms with Crippen molar-refractivity contribution in [3.8, 4) is 0 Å². The standard InChI is InChI=1S/C15H17NO2S2/c1-11-3-5-14(20-11)13(18-2)9-16-15(17)6-4-12-7-8-19-10-12/h3-8,10,13H,9H2,1-2H3,(H,16,17)/b6-4+/t13-/m0/s1. The third-order valence-electron chi connectivity index (χ3n) is 2.80.